The number of benzene rings is 1. The van der Waals surface area contributed by atoms with E-state index >= 15 is 0 Å². The Balaban J connectivity index is 1.47. The number of hydrogen-bond donors (Lipinski definition) is 1. The molecule has 1 saturated heterocycles. The molecule has 142 valence electrons. The van der Waals surface area contributed by atoms with Gasteiger partial charge in [-0.1, -0.05) is 0 Å². The highest BCUT2D eigenvalue weighted by molar-refractivity contribution is 5.45. The van der Waals surface area contributed by atoms with Crippen molar-refractivity contribution >= 4 is 0 Å². The van der Waals surface area contributed by atoms with E-state index in [1.165, 1.54) is 0 Å². The number of aromatic nitrogens is 2. The maximum Gasteiger partial charge on any atom is 0.164 e. The number of ether oxygens (including phenoxy) is 3. The molecular formula is C19H27N3O4. The van der Waals surface area contributed by atoms with Crippen LogP contribution in [0.4, 0.5) is 0 Å². The van der Waals surface area contributed by atoms with Gasteiger partial charge in [0.25, 0.3) is 0 Å². The number of piperidine rings is 1. The van der Waals surface area contributed by atoms with Gasteiger partial charge in [0.05, 0.1) is 14.2 Å². The third-order valence-electron chi connectivity index (χ3n) is 4.67. The first-order valence-electron chi connectivity index (χ1n) is 8.96. The third-order valence-corrected chi connectivity index (χ3v) is 4.67. The fourth-order valence-corrected chi connectivity index (χ4v) is 3.27. The zero-order chi connectivity index (χ0) is 18.4. The van der Waals surface area contributed by atoms with Crippen LogP contribution in [-0.4, -0.2) is 65.8 Å². The van der Waals surface area contributed by atoms with Gasteiger partial charge in [-0.3, -0.25) is 4.68 Å². The quantitative estimate of drug-likeness (QED) is 0.773. The van der Waals surface area contributed by atoms with Crippen LogP contribution in [0.15, 0.2) is 36.7 Å². The first-order chi connectivity index (χ1) is 12.7. The van der Waals surface area contributed by atoms with Crippen LogP contribution in [0.2, 0.25) is 0 Å². The minimum absolute atomic E-state index is 0.213. The van der Waals surface area contributed by atoms with E-state index < -0.39 is 6.10 Å². The molecule has 0 radical (unpaired) electrons. The van der Waals surface area contributed by atoms with E-state index in [1.807, 2.05) is 29.1 Å². The van der Waals surface area contributed by atoms with Gasteiger partial charge in [-0.15, -0.1) is 0 Å². The lowest BCUT2D eigenvalue weighted by Gasteiger charge is -2.36. The summed E-state index contributed by atoms with van der Waals surface area (Å²) in [6.07, 6.45) is 4.84. The molecule has 0 aliphatic carbocycles. The molecule has 0 unspecified atom stereocenters. The molecule has 7 nitrogen and oxygen atoms in total. The van der Waals surface area contributed by atoms with Crippen molar-refractivity contribution in [2.24, 2.45) is 0 Å². The number of methoxy groups -OCH3 is 2. The zero-order valence-electron chi connectivity index (χ0n) is 15.4. The van der Waals surface area contributed by atoms with Crippen LogP contribution in [0.5, 0.6) is 17.2 Å². The van der Waals surface area contributed by atoms with Crippen molar-refractivity contribution in [2.75, 3.05) is 33.9 Å². The van der Waals surface area contributed by atoms with Crippen molar-refractivity contribution in [2.45, 2.75) is 31.6 Å². The van der Waals surface area contributed by atoms with E-state index in [-0.39, 0.29) is 6.10 Å². The Morgan fingerprint density at radius 3 is 2.73 bits per heavy atom. The molecule has 0 saturated carbocycles. The van der Waals surface area contributed by atoms with Gasteiger partial charge < -0.3 is 24.2 Å². The van der Waals surface area contributed by atoms with Gasteiger partial charge in [0, 0.05) is 44.6 Å². The standard InChI is InChI=1S/C19H27N3O4/c1-24-18-6-5-15(13-19(18)25-2)26-17-7-12-21(14-16(17)23)9-4-11-22-10-3-8-20-22/h3,5-6,8,10,13,16-17,23H,4,7,9,11-12,14H2,1-2H3/t16-,17-/m1/s1. The molecule has 2 heterocycles. The minimum atomic E-state index is -0.512. The fourth-order valence-electron chi connectivity index (χ4n) is 3.27. The molecule has 1 N–H and O–H groups in total. The van der Waals surface area contributed by atoms with Gasteiger partial charge in [-0.2, -0.15) is 5.10 Å². The van der Waals surface area contributed by atoms with E-state index in [0.717, 1.165) is 32.5 Å². The number of aliphatic hydroxyl groups excluding tert-OH is 1. The predicted molar refractivity (Wildman–Crippen MR) is 97.9 cm³/mol. The smallest absolute Gasteiger partial charge is 0.164 e. The maximum atomic E-state index is 10.5. The lowest BCUT2D eigenvalue weighted by atomic mass is 10.0. The Hall–Kier alpha value is -2.25. The highest BCUT2D eigenvalue weighted by Crippen LogP contribution is 2.32. The summed E-state index contributed by atoms with van der Waals surface area (Å²) in [5, 5.41) is 14.7. The van der Waals surface area contributed by atoms with Crippen LogP contribution < -0.4 is 14.2 Å². The summed E-state index contributed by atoms with van der Waals surface area (Å²) in [7, 11) is 3.20. The molecule has 3 rings (SSSR count). The second-order valence-electron chi connectivity index (χ2n) is 6.45. The number of aryl methyl sites for hydroxylation is 1. The number of likely N-dealkylation sites (tertiary alicyclic amines) is 1. The number of rotatable bonds is 8. The summed E-state index contributed by atoms with van der Waals surface area (Å²) in [5.41, 5.74) is 0. The van der Waals surface area contributed by atoms with Crippen LogP contribution in [0, 0.1) is 0 Å². The summed E-state index contributed by atoms with van der Waals surface area (Å²) >= 11 is 0. The van der Waals surface area contributed by atoms with Crippen LogP contribution in [0.1, 0.15) is 12.8 Å². The topological polar surface area (TPSA) is 69.0 Å². The summed E-state index contributed by atoms with van der Waals surface area (Å²) in [5.74, 6) is 1.96. The molecule has 0 amide bonds. The second-order valence-corrected chi connectivity index (χ2v) is 6.45. The van der Waals surface area contributed by atoms with Crippen molar-refractivity contribution in [3.05, 3.63) is 36.7 Å². The summed E-state index contributed by atoms with van der Waals surface area (Å²) in [4.78, 5) is 2.28. The lowest BCUT2D eigenvalue weighted by molar-refractivity contribution is -0.0257. The highest BCUT2D eigenvalue weighted by Gasteiger charge is 2.29. The molecule has 7 heteroatoms. The predicted octanol–water partition coefficient (Wildman–Crippen LogP) is 1.80. The molecule has 0 spiro atoms. The highest BCUT2D eigenvalue weighted by atomic mass is 16.5. The van der Waals surface area contributed by atoms with Crippen molar-refractivity contribution in [1.29, 1.82) is 0 Å². The molecule has 2 aromatic rings. The van der Waals surface area contributed by atoms with Gasteiger partial charge in [-0.25, -0.2) is 0 Å². The number of hydrogen-bond acceptors (Lipinski definition) is 6. The Morgan fingerprint density at radius 1 is 1.19 bits per heavy atom. The molecule has 1 aromatic heterocycles. The van der Waals surface area contributed by atoms with Gasteiger partial charge in [0.2, 0.25) is 0 Å². The summed E-state index contributed by atoms with van der Waals surface area (Å²) in [6.45, 7) is 3.37. The minimum Gasteiger partial charge on any atom is -0.493 e. The summed E-state index contributed by atoms with van der Waals surface area (Å²) < 4.78 is 18.5. The van der Waals surface area contributed by atoms with Gasteiger partial charge in [0.15, 0.2) is 11.5 Å². The molecule has 1 aromatic carbocycles. The van der Waals surface area contributed by atoms with Gasteiger partial charge in [0.1, 0.15) is 18.0 Å². The zero-order valence-corrected chi connectivity index (χ0v) is 15.4. The van der Waals surface area contributed by atoms with Crippen molar-refractivity contribution in [3.8, 4) is 17.2 Å². The molecular weight excluding hydrogens is 334 g/mol. The Labute approximate surface area is 154 Å². The maximum absolute atomic E-state index is 10.5. The van der Waals surface area contributed by atoms with E-state index in [4.69, 9.17) is 14.2 Å². The number of aliphatic hydroxyl groups is 1. The van der Waals surface area contributed by atoms with Gasteiger partial charge in [-0.05, 0) is 31.0 Å². The first kappa shape index (κ1) is 18.5. The Bertz CT molecular complexity index is 677. The lowest BCUT2D eigenvalue weighted by Crippen LogP contribution is -2.49. The second kappa shape index (κ2) is 8.91. The normalized spacial score (nSPS) is 20.7. The van der Waals surface area contributed by atoms with E-state index in [1.54, 1.807) is 26.5 Å². The summed E-state index contributed by atoms with van der Waals surface area (Å²) in [6, 6.07) is 7.37. The molecule has 26 heavy (non-hydrogen) atoms. The average Bonchev–Trinajstić information content (AvgIpc) is 3.17. The van der Waals surface area contributed by atoms with Crippen molar-refractivity contribution in [1.82, 2.24) is 14.7 Å². The fraction of sp³-hybridized carbons (Fsp3) is 0.526. The van der Waals surface area contributed by atoms with Crippen LogP contribution >= 0.6 is 0 Å². The molecule has 0 bridgehead atoms. The molecule has 1 aliphatic rings. The Kier molecular flexibility index (Phi) is 6.35. The van der Waals surface area contributed by atoms with Crippen LogP contribution in [-0.2, 0) is 6.54 Å². The SMILES string of the molecule is COc1ccc(O[C@@H]2CCN(CCCn3cccn3)C[C@H]2O)cc1OC. The third kappa shape index (κ3) is 4.68. The average molecular weight is 361 g/mol. The first-order valence-corrected chi connectivity index (χ1v) is 8.96. The molecule has 2 atom stereocenters. The van der Waals surface area contributed by atoms with Crippen molar-refractivity contribution in [3.63, 3.8) is 0 Å². The Morgan fingerprint density at radius 2 is 2.04 bits per heavy atom. The number of β-amino-alcohol motifs (C(OH)–C–C–N with tert-alkyl or cyclic N) is 1. The van der Waals surface area contributed by atoms with Crippen LogP contribution in [0.3, 0.4) is 0 Å². The van der Waals surface area contributed by atoms with E-state index in [2.05, 4.69) is 10.00 Å². The number of nitrogens with zero attached hydrogens (tertiary/aromatic N) is 3. The molecule has 1 aliphatic heterocycles. The van der Waals surface area contributed by atoms with Gasteiger partial charge >= 0.3 is 0 Å². The monoisotopic (exact) mass is 361 g/mol. The van der Waals surface area contributed by atoms with E-state index in [9.17, 15) is 5.11 Å². The van der Waals surface area contributed by atoms with E-state index in [0.29, 0.717) is 23.8 Å². The molecule has 1 fully saturated rings. The van der Waals surface area contributed by atoms with Crippen molar-refractivity contribution < 1.29 is 19.3 Å². The van der Waals surface area contributed by atoms with Crippen LogP contribution in [0.25, 0.3) is 0 Å². The largest absolute Gasteiger partial charge is 0.493 e.